The maximum atomic E-state index is 5.33. The summed E-state index contributed by atoms with van der Waals surface area (Å²) in [5.41, 5.74) is 10.0. The Morgan fingerprint density at radius 2 is 0.898 bits per heavy atom. The smallest absolute Gasteiger partial charge is 0.221 e. The number of nitrogens with zero attached hydrogens (tertiary/aromatic N) is 7. The summed E-state index contributed by atoms with van der Waals surface area (Å²) in [5, 5.41) is 1.16. The molecule has 0 saturated carbocycles. The molecule has 0 unspecified atom stereocenters. The van der Waals surface area contributed by atoms with Crippen LogP contribution < -0.4 is 0 Å². The lowest BCUT2D eigenvalue weighted by atomic mass is 10.1. The maximum Gasteiger partial charge on any atom is 0.221 e. The van der Waals surface area contributed by atoms with Crippen LogP contribution in [0.5, 0.6) is 0 Å². The van der Waals surface area contributed by atoms with E-state index in [1.54, 1.807) is 0 Å². The van der Waals surface area contributed by atoms with Gasteiger partial charge in [-0.1, -0.05) is 115 Å². The number of fused-ring (bicyclic) bond motifs is 7. The summed E-state index contributed by atoms with van der Waals surface area (Å²) in [6.07, 6.45) is 0. The van der Waals surface area contributed by atoms with E-state index < -0.39 is 0 Å². The Morgan fingerprint density at radius 3 is 1.51 bits per heavy atom. The first-order valence-corrected chi connectivity index (χ1v) is 16.3. The second-order valence-electron chi connectivity index (χ2n) is 12.0. The molecule has 0 aliphatic rings. The quantitative estimate of drug-likeness (QED) is 0.190. The van der Waals surface area contributed by atoms with Gasteiger partial charge in [0, 0.05) is 33.5 Å². The number of hydrogen-bond acceptors (Lipinski definition) is 4. The maximum absolute atomic E-state index is 5.33. The molecule has 230 valence electrons. The molecule has 6 aromatic carbocycles. The predicted octanol–water partition coefficient (Wildman–Crippen LogP) is 9.56. The Balaban J connectivity index is 1.26. The van der Waals surface area contributed by atoms with Gasteiger partial charge in [-0.25, -0.2) is 19.9 Å². The molecular weight excluding hydrogens is 603 g/mol. The van der Waals surface area contributed by atoms with Crippen molar-refractivity contribution in [2.45, 2.75) is 0 Å². The number of benzene rings is 6. The van der Waals surface area contributed by atoms with E-state index >= 15 is 0 Å². The highest BCUT2D eigenvalue weighted by Crippen LogP contribution is 2.38. The molecule has 7 nitrogen and oxygen atoms in total. The molecule has 4 aromatic heterocycles. The van der Waals surface area contributed by atoms with Gasteiger partial charge in [0.15, 0.2) is 23.1 Å². The van der Waals surface area contributed by atoms with E-state index in [0.29, 0.717) is 17.5 Å². The van der Waals surface area contributed by atoms with Crippen LogP contribution in [0.3, 0.4) is 0 Å². The molecule has 0 aliphatic heterocycles. The number of aromatic nitrogens is 7. The van der Waals surface area contributed by atoms with Gasteiger partial charge in [-0.3, -0.25) is 13.5 Å². The van der Waals surface area contributed by atoms with Crippen molar-refractivity contribution < 1.29 is 0 Å². The van der Waals surface area contributed by atoms with E-state index in [2.05, 4.69) is 111 Å². The van der Waals surface area contributed by atoms with Crippen LogP contribution in [0.25, 0.3) is 84.4 Å². The zero-order valence-electron chi connectivity index (χ0n) is 26.2. The molecule has 0 atom stereocenters. The van der Waals surface area contributed by atoms with Gasteiger partial charge in [0.2, 0.25) is 5.78 Å². The number of hydrogen-bond donors (Lipinski definition) is 0. The minimum atomic E-state index is 0.599. The highest BCUT2D eigenvalue weighted by molar-refractivity contribution is 6.10. The van der Waals surface area contributed by atoms with Crippen molar-refractivity contribution in [2.24, 2.45) is 0 Å². The highest BCUT2D eigenvalue weighted by atomic mass is 15.3. The van der Waals surface area contributed by atoms with Crippen molar-refractivity contribution in [2.75, 3.05) is 0 Å². The Bertz CT molecular complexity index is 2740. The zero-order chi connectivity index (χ0) is 32.3. The fraction of sp³-hybridized carbons (Fsp3) is 0. The number of imidazole rings is 2. The molecule has 0 amide bonds. The Hall–Kier alpha value is -6.86. The van der Waals surface area contributed by atoms with Crippen molar-refractivity contribution >= 4 is 38.9 Å². The molecule has 0 spiro atoms. The third kappa shape index (κ3) is 4.29. The summed E-state index contributed by atoms with van der Waals surface area (Å²) < 4.78 is 6.91. The largest absolute Gasteiger partial charge is 0.294 e. The van der Waals surface area contributed by atoms with Crippen LogP contribution in [-0.4, -0.2) is 33.5 Å². The summed E-state index contributed by atoms with van der Waals surface area (Å²) in [7, 11) is 0. The van der Waals surface area contributed by atoms with Crippen LogP contribution in [-0.2, 0) is 0 Å². The van der Waals surface area contributed by atoms with Crippen LogP contribution in [0, 0.1) is 0 Å². The molecule has 10 rings (SSSR count). The first-order valence-electron chi connectivity index (χ1n) is 16.3. The first kappa shape index (κ1) is 27.3. The molecular formula is C42H27N7. The van der Waals surface area contributed by atoms with Gasteiger partial charge in [-0.15, -0.1) is 0 Å². The van der Waals surface area contributed by atoms with E-state index in [4.69, 9.17) is 19.9 Å². The van der Waals surface area contributed by atoms with E-state index in [1.807, 2.05) is 66.7 Å². The van der Waals surface area contributed by atoms with E-state index in [9.17, 15) is 0 Å². The van der Waals surface area contributed by atoms with Gasteiger partial charge in [0.05, 0.1) is 16.6 Å². The normalized spacial score (nSPS) is 11.7. The minimum Gasteiger partial charge on any atom is -0.294 e. The van der Waals surface area contributed by atoms with Gasteiger partial charge in [-0.2, -0.15) is 0 Å². The van der Waals surface area contributed by atoms with Crippen molar-refractivity contribution in [3.8, 4) is 45.5 Å². The second-order valence-corrected chi connectivity index (χ2v) is 12.0. The molecule has 49 heavy (non-hydrogen) atoms. The van der Waals surface area contributed by atoms with Crippen molar-refractivity contribution in [3.05, 3.63) is 164 Å². The van der Waals surface area contributed by atoms with Gasteiger partial charge in [-0.05, 0) is 48.5 Å². The lowest BCUT2D eigenvalue weighted by Crippen LogP contribution is -2.00. The topological polar surface area (TPSA) is 65.8 Å². The third-order valence-corrected chi connectivity index (χ3v) is 9.08. The van der Waals surface area contributed by atoms with Gasteiger partial charge < -0.3 is 0 Å². The lowest BCUT2D eigenvalue weighted by Gasteiger charge is -2.09. The number of rotatable bonds is 5. The summed E-state index contributed by atoms with van der Waals surface area (Å²) in [6, 6.07) is 56.0. The van der Waals surface area contributed by atoms with E-state index in [1.165, 1.54) is 0 Å². The molecule has 10 aromatic rings. The number of para-hydroxylation sites is 3. The summed E-state index contributed by atoms with van der Waals surface area (Å²) in [4.78, 5) is 20.2. The molecule has 0 saturated heterocycles. The molecule has 0 radical (unpaired) electrons. The van der Waals surface area contributed by atoms with Gasteiger partial charge >= 0.3 is 0 Å². The average molecular weight is 630 g/mol. The Morgan fingerprint density at radius 1 is 0.388 bits per heavy atom. The molecule has 0 fully saturated rings. The summed E-state index contributed by atoms with van der Waals surface area (Å²) in [5.74, 6) is 2.69. The van der Waals surface area contributed by atoms with Gasteiger partial charge in [0.25, 0.3) is 0 Å². The fourth-order valence-corrected chi connectivity index (χ4v) is 6.90. The van der Waals surface area contributed by atoms with Crippen LogP contribution in [0.2, 0.25) is 0 Å². The minimum absolute atomic E-state index is 0.599. The van der Waals surface area contributed by atoms with Crippen LogP contribution in [0.15, 0.2) is 164 Å². The summed E-state index contributed by atoms with van der Waals surface area (Å²) in [6.45, 7) is 0. The van der Waals surface area contributed by atoms with E-state index in [-0.39, 0.29) is 0 Å². The molecule has 0 bridgehead atoms. The fourth-order valence-electron chi connectivity index (χ4n) is 6.90. The molecule has 4 heterocycles. The standard InChI is InChI=1S/C42H27N7/c1-5-15-28(16-6-1)38-44-39(29-17-7-2-8-18-29)46-40(45-38)30-25-26-36-34(27-30)43-42-48(32-21-11-4-12-22-32)37-33-23-13-14-24-35(33)47(41(37)49(36)42)31-19-9-3-10-20-31/h1-27H. The Labute approximate surface area is 281 Å². The van der Waals surface area contributed by atoms with Crippen LogP contribution in [0.4, 0.5) is 0 Å². The van der Waals surface area contributed by atoms with Crippen molar-refractivity contribution in [3.63, 3.8) is 0 Å². The second kappa shape index (κ2) is 10.9. The zero-order valence-corrected chi connectivity index (χ0v) is 26.2. The van der Waals surface area contributed by atoms with E-state index in [0.717, 1.165) is 66.9 Å². The van der Waals surface area contributed by atoms with Crippen LogP contribution in [0.1, 0.15) is 0 Å². The lowest BCUT2D eigenvalue weighted by molar-refractivity contribution is 1.07. The molecule has 7 heteroatoms. The average Bonchev–Trinajstić information content (AvgIpc) is 3.82. The third-order valence-electron chi connectivity index (χ3n) is 9.08. The molecule has 0 aliphatic carbocycles. The van der Waals surface area contributed by atoms with Crippen LogP contribution >= 0.6 is 0 Å². The summed E-state index contributed by atoms with van der Waals surface area (Å²) >= 11 is 0. The van der Waals surface area contributed by atoms with Crippen molar-refractivity contribution in [1.29, 1.82) is 0 Å². The predicted molar refractivity (Wildman–Crippen MR) is 196 cm³/mol. The Kier molecular flexibility index (Phi) is 6.04. The monoisotopic (exact) mass is 629 g/mol. The van der Waals surface area contributed by atoms with Gasteiger partial charge in [0.1, 0.15) is 5.52 Å². The molecule has 0 N–H and O–H groups in total. The SMILES string of the molecule is c1ccc(-c2nc(-c3ccccc3)nc(-c3ccc4c(c3)nc3n(-c5ccccc5)c5c6ccccc6n(-c6ccccc6)c5n43)n2)cc1. The highest BCUT2D eigenvalue weighted by Gasteiger charge is 2.25. The first-order chi connectivity index (χ1) is 24.3. The van der Waals surface area contributed by atoms with Crippen molar-refractivity contribution in [1.82, 2.24) is 33.5 Å².